The Morgan fingerprint density at radius 3 is 2.71 bits per heavy atom. The lowest BCUT2D eigenvalue weighted by atomic mass is 9.81. The summed E-state index contributed by atoms with van der Waals surface area (Å²) < 4.78 is 1.02. The molecule has 5 heteroatoms. The Morgan fingerprint density at radius 2 is 2.05 bits per heavy atom. The minimum absolute atomic E-state index is 0.0248. The lowest BCUT2D eigenvalue weighted by Gasteiger charge is -2.25. The van der Waals surface area contributed by atoms with Gasteiger partial charge in [-0.1, -0.05) is 28.4 Å². The number of rotatable bonds is 4. The number of aryl methyl sites for hydroxylation is 1. The topological polar surface area (TPSA) is 66.4 Å². The Bertz CT molecular complexity index is 544. The molecule has 1 saturated carbocycles. The zero-order chi connectivity index (χ0) is 15.4. The normalized spacial score (nSPS) is 21.8. The van der Waals surface area contributed by atoms with Gasteiger partial charge >= 0.3 is 5.97 Å². The summed E-state index contributed by atoms with van der Waals surface area (Å²) in [5, 5.41) is 12.0. The van der Waals surface area contributed by atoms with E-state index in [0.29, 0.717) is 19.4 Å². The van der Waals surface area contributed by atoms with Crippen LogP contribution < -0.4 is 5.32 Å². The molecule has 0 heterocycles. The van der Waals surface area contributed by atoms with E-state index in [-0.39, 0.29) is 17.7 Å². The Balaban J connectivity index is 1.90. The largest absolute Gasteiger partial charge is 0.481 e. The predicted molar refractivity (Wildman–Crippen MR) is 83.8 cm³/mol. The van der Waals surface area contributed by atoms with Gasteiger partial charge in [-0.15, -0.1) is 0 Å². The van der Waals surface area contributed by atoms with Gasteiger partial charge in [-0.2, -0.15) is 0 Å². The molecular formula is C16H20BrNO3. The molecule has 1 aliphatic carbocycles. The van der Waals surface area contributed by atoms with E-state index < -0.39 is 5.97 Å². The lowest BCUT2D eigenvalue weighted by molar-refractivity contribution is -0.144. The van der Waals surface area contributed by atoms with Crippen molar-refractivity contribution in [1.29, 1.82) is 0 Å². The fourth-order valence-electron chi connectivity index (χ4n) is 2.84. The van der Waals surface area contributed by atoms with E-state index in [2.05, 4.69) is 21.2 Å². The van der Waals surface area contributed by atoms with Crippen LogP contribution in [-0.4, -0.2) is 17.0 Å². The molecule has 0 saturated heterocycles. The van der Waals surface area contributed by atoms with Gasteiger partial charge in [0.25, 0.3) is 0 Å². The van der Waals surface area contributed by atoms with Crippen LogP contribution in [0.1, 0.15) is 36.8 Å². The van der Waals surface area contributed by atoms with Crippen molar-refractivity contribution in [2.45, 2.75) is 39.2 Å². The second-order valence-corrected chi connectivity index (χ2v) is 6.60. The van der Waals surface area contributed by atoms with E-state index in [1.54, 1.807) is 0 Å². The number of carboxylic acids is 1. The van der Waals surface area contributed by atoms with Crippen molar-refractivity contribution in [3.05, 3.63) is 33.8 Å². The smallest absolute Gasteiger partial charge is 0.306 e. The molecule has 1 aliphatic rings. The van der Waals surface area contributed by atoms with Gasteiger partial charge in [-0.3, -0.25) is 9.59 Å². The highest BCUT2D eigenvalue weighted by Crippen LogP contribution is 2.29. The second kappa shape index (κ2) is 7.07. The van der Waals surface area contributed by atoms with Crippen molar-refractivity contribution in [2.75, 3.05) is 0 Å². The van der Waals surface area contributed by atoms with Crippen LogP contribution >= 0.6 is 15.9 Å². The first-order valence-corrected chi connectivity index (χ1v) is 8.02. The van der Waals surface area contributed by atoms with Crippen molar-refractivity contribution < 1.29 is 14.7 Å². The number of carbonyl (C=O) groups excluding carboxylic acids is 1. The van der Waals surface area contributed by atoms with Crippen LogP contribution in [0.2, 0.25) is 0 Å². The van der Waals surface area contributed by atoms with Crippen molar-refractivity contribution in [3.8, 4) is 0 Å². The number of nitrogens with one attached hydrogen (secondary N) is 1. The molecule has 114 valence electrons. The van der Waals surface area contributed by atoms with Gasteiger partial charge < -0.3 is 10.4 Å². The van der Waals surface area contributed by atoms with Crippen molar-refractivity contribution in [1.82, 2.24) is 5.32 Å². The van der Waals surface area contributed by atoms with Gasteiger partial charge in [0, 0.05) is 16.9 Å². The molecule has 2 unspecified atom stereocenters. The minimum atomic E-state index is -0.781. The van der Waals surface area contributed by atoms with E-state index in [1.165, 1.54) is 0 Å². The number of benzene rings is 1. The molecule has 0 bridgehead atoms. The number of hydrogen-bond acceptors (Lipinski definition) is 2. The Morgan fingerprint density at radius 1 is 1.33 bits per heavy atom. The van der Waals surface area contributed by atoms with E-state index in [0.717, 1.165) is 28.4 Å². The molecular weight excluding hydrogens is 334 g/mol. The SMILES string of the molecule is Cc1cc(Br)ccc1CNC(=O)C1CCCC(C(=O)O)C1. The van der Waals surface area contributed by atoms with Gasteiger partial charge in [0.05, 0.1) is 5.92 Å². The van der Waals surface area contributed by atoms with Crippen molar-refractivity contribution >= 4 is 27.8 Å². The van der Waals surface area contributed by atoms with Crippen molar-refractivity contribution in [3.63, 3.8) is 0 Å². The molecule has 2 atom stereocenters. The summed E-state index contributed by atoms with van der Waals surface area (Å²) in [5.74, 6) is -1.35. The average molecular weight is 354 g/mol. The average Bonchev–Trinajstić information content (AvgIpc) is 2.46. The fraction of sp³-hybridized carbons (Fsp3) is 0.500. The van der Waals surface area contributed by atoms with E-state index >= 15 is 0 Å². The third-order valence-electron chi connectivity index (χ3n) is 4.15. The zero-order valence-corrected chi connectivity index (χ0v) is 13.6. The Kier molecular flexibility index (Phi) is 5.39. The molecule has 0 aromatic heterocycles. The van der Waals surface area contributed by atoms with Crippen LogP contribution in [0.25, 0.3) is 0 Å². The van der Waals surface area contributed by atoms with E-state index in [9.17, 15) is 9.59 Å². The molecule has 1 amide bonds. The predicted octanol–water partition coefficient (Wildman–Crippen LogP) is 3.26. The molecule has 0 radical (unpaired) electrons. The molecule has 4 nitrogen and oxygen atoms in total. The molecule has 2 N–H and O–H groups in total. The number of amides is 1. The zero-order valence-electron chi connectivity index (χ0n) is 12.1. The Labute approximate surface area is 133 Å². The summed E-state index contributed by atoms with van der Waals surface area (Å²) in [6.07, 6.45) is 2.74. The van der Waals surface area contributed by atoms with Crippen LogP contribution in [0.4, 0.5) is 0 Å². The molecule has 0 aliphatic heterocycles. The fourth-order valence-corrected chi connectivity index (χ4v) is 3.31. The maximum Gasteiger partial charge on any atom is 0.306 e. The highest BCUT2D eigenvalue weighted by Gasteiger charge is 2.30. The Hall–Kier alpha value is -1.36. The second-order valence-electron chi connectivity index (χ2n) is 5.69. The molecule has 21 heavy (non-hydrogen) atoms. The highest BCUT2D eigenvalue weighted by molar-refractivity contribution is 9.10. The minimum Gasteiger partial charge on any atom is -0.481 e. The summed E-state index contributed by atoms with van der Waals surface area (Å²) >= 11 is 3.42. The first-order chi connectivity index (χ1) is 9.97. The summed E-state index contributed by atoms with van der Waals surface area (Å²) in [4.78, 5) is 23.2. The summed E-state index contributed by atoms with van der Waals surface area (Å²) in [6, 6.07) is 5.96. The molecule has 2 rings (SSSR count). The van der Waals surface area contributed by atoms with Crippen LogP contribution in [0.5, 0.6) is 0 Å². The van der Waals surface area contributed by atoms with E-state index in [4.69, 9.17) is 5.11 Å². The first-order valence-electron chi connectivity index (χ1n) is 7.23. The third kappa shape index (κ3) is 4.30. The maximum absolute atomic E-state index is 12.2. The molecule has 1 aromatic rings. The highest BCUT2D eigenvalue weighted by atomic mass is 79.9. The van der Waals surface area contributed by atoms with Crippen LogP contribution in [0, 0.1) is 18.8 Å². The van der Waals surface area contributed by atoms with Crippen LogP contribution in [0.15, 0.2) is 22.7 Å². The quantitative estimate of drug-likeness (QED) is 0.872. The standard InChI is InChI=1S/C16H20BrNO3/c1-10-7-14(17)6-5-13(10)9-18-15(19)11-3-2-4-12(8-11)16(20)21/h5-7,11-12H,2-4,8-9H2,1H3,(H,18,19)(H,20,21). The monoisotopic (exact) mass is 353 g/mol. The maximum atomic E-state index is 12.2. The number of aliphatic carboxylic acids is 1. The van der Waals surface area contributed by atoms with Gasteiger partial charge in [0.1, 0.15) is 0 Å². The summed E-state index contributed by atoms with van der Waals surface area (Å²) in [5.41, 5.74) is 2.20. The summed E-state index contributed by atoms with van der Waals surface area (Å²) in [6.45, 7) is 2.50. The number of carboxylic acid groups (broad SMARTS) is 1. The van der Waals surface area contributed by atoms with Crippen molar-refractivity contribution in [2.24, 2.45) is 11.8 Å². The molecule has 1 fully saturated rings. The van der Waals surface area contributed by atoms with Gasteiger partial charge in [-0.05, 0) is 49.4 Å². The molecule has 0 spiro atoms. The first kappa shape index (κ1) is 16.0. The third-order valence-corrected chi connectivity index (χ3v) is 4.65. The number of halogens is 1. The van der Waals surface area contributed by atoms with Gasteiger partial charge in [-0.25, -0.2) is 0 Å². The van der Waals surface area contributed by atoms with E-state index in [1.807, 2.05) is 25.1 Å². The number of hydrogen-bond donors (Lipinski definition) is 2. The van der Waals surface area contributed by atoms with Gasteiger partial charge in [0.2, 0.25) is 5.91 Å². The lowest BCUT2D eigenvalue weighted by Crippen LogP contribution is -2.35. The van der Waals surface area contributed by atoms with Crippen LogP contribution in [0.3, 0.4) is 0 Å². The molecule has 1 aromatic carbocycles. The summed E-state index contributed by atoms with van der Waals surface area (Å²) in [7, 11) is 0. The van der Waals surface area contributed by atoms with Crippen LogP contribution in [-0.2, 0) is 16.1 Å². The number of carbonyl (C=O) groups is 2. The van der Waals surface area contributed by atoms with Gasteiger partial charge in [0.15, 0.2) is 0 Å².